The number of fused-ring (bicyclic) bond motifs is 3. The van der Waals surface area contributed by atoms with Crippen LogP contribution in [0.15, 0.2) is 78.9 Å². The number of rotatable bonds is 6. The molecule has 0 fully saturated rings. The lowest BCUT2D eigenvalue weighted by atomic mass is 9.98. The average molecular weight is 401 g/mol. The van der Waals surface area contributed by atoms with Gasteiger partial charge >= 0.3 is 12.1 Å². The molecule has 30 heavy (non-hydrogen) atoms. The Hall–Kier alpha value is -3.60. The number of nitrogens with zero attached hydrogens (tertiary/aromatic N) is 1. The van der Waals surface area contributed by atoms with E-state index in [4.69, 9.17) is 4.74 Å². The Morgan fingerprint density at radius 1 is 0.900 bits per heavy atom. The van der Waals surface area contributed by atoms with Gasteiger partial charge in [0.15, 0.2) is 0 Å². The first-order valence-electron chi connectivity index (χ1n) is 9.91. The first kappa shape index (κ1) is 19.7. The van der Waals surface area contributed by atoms with Crippen LogP contribution in [0.1, 0.15) is 22.6 Å². The minimum atomic E-state index is -1.06. The van der Waals surface area contributed by atoms with Crippen molar-refractivity contribution in [1.29, 1.82) is 0 Å². The average Bonchev–Trinajstić information content (AvgIpc) is 3.09. The first-order chi connectivity index (χ1) is 14.6. The third kappa shape index (κ3) is 3.79. The highest BCUT2D eigenvalue weighted by molar-refractivity contribution is 5.81. The molecule has 4 rings (SSSR count). The molecule has 0 unspecified atom stereocenters. The van der Waals surface area contributed by atoms with E-state index in [0.29, 0.717) is 0 Å². The summed E-state index contributed by atoms with van der Waals surface area (Å²) < 4.78 is 5.59. The number of carboxylic acid groups (broad SMARTS) is 1. The second kappa shape index (κ2) is 8.41. The van der Waals surface area contributed by atoms with E-state index in [1.54, 1.807) is 0 Å². The van der Waals surface area contributed by atoms with Crippen LogP contribution < -0.4 is 0 Å². The molecule has 1 atom stereocenters. The lowest BCUT2D eigenvalue weighted by Crippen LogP contribution is -2.44. The lowest BCUT2D eigenvalue weighted by molar-refractivity contribution is -0.142. The van der Waals surface area contributed by atoms with E-state index in [0.717, 1.165) is 27.8 Å². The van der Waals surface area contributed by atoms with Crippen molar-refractivity contribution in [1.82, 2.24) is 4.90 Å². The topological polar surface area (TPSA) is 66.8 Å². The maximum absolute atomic E-state index is 12.7. The molecule has 1 aliphatic rings. The van der Waals surface area contributed by atoms with Gasteiger partial charge in [0, 0.05) is 19.4 Å². The number of amides is 1. The predicted octanol–water partition coefficient (Wildman–Crippen LogP) is 4.56. The summed E-state index contributed by atoms with van der Waals surface area (Å²) in [4.78, 5) is 25.7. The van der Waals surface area contributed by atoms with Crippen molar-refractivity contribution in [3.8, 4) is 11.1 Å². The highest BCUT2D eigenvalue weighted by atomic mass is 16.6. The molecule has 0 spiro atoms. The molecule has 0 aromatic heterocycles. The zero-order valence-electron chi connectivity index (χ0n) is 16.7. The molecule has 0 saturated heterocycles. The quantitative estimate of drug-likeness (QED) is 0.657. The van der Waals surface area contributed by atoms with E-state index in [1.165, 1.54) is 11.9 Å². The molecule has 3 aromatic rings. The molecule has 152 valence electrons. The second-order valence-corrected chi connectivity index (χ2v) is 7.46. The standard InChI is InChI=1S/C25H23NO4/c1-26(23(24(27)28)15-17-9-3-2-4-10-17)25(29)30-16-22-20-13-7-5-11-18(20)19-12-6-8-14-21(19)22/h2-14,22-23H,15-16H2,1H3,(H,27,28)/t23-/m1/s1. The van der Waals surface area contributed by atoms with Crippen LogP contribution in [0.3, 0.4) is 0 Å². The summed E-state index contributed by atoms with van der Waals surface area (Å²) in [5.74, 6) is -1.12. The van der Waals surface area contributed by atoms with Crippen LogP contribution in [-0.4, -0.2) is 41.8 Å². The van der Waals surface area contributed by atoms with Crippen LogP contribution in [0.5, 0.6) is 0 Å². The van der Waals surface area contributed by atoms with E-state index >= 15 is 0 Å². The van der Waals surface area contributed by atoms with Crippen LogP contribution in [-0.2, 0) is 16.0 Å². The first-order valence-corrected chi connectivity index (χ1v) is 9.91. The fraction of sp³-hybridized carbons (Fsp3) is 0.200. The van der Waals surface area contributed by atoms with Crippen LogP contribution in [0, 0.1) is 0 Å². The monoisotopic (exact) mass is 401 g/mol. The Kier molecular flexibility index (Phi) is 5.53. The van der Waals surface area contributed by atoms with Crippen LogP contribution >= 0.6 is 0 Å². The van der Waals surface area contributed by atoms with Crippen molar-refractivity contribution in [3.63, 3.8) is 0 Å². The molecular formula is C25H23NO4. The van der Waals surface area contributed by atoms with Crippen LogP contribution in [0.25, 0.3) is 11.1 Å². The number of aliphatic carboxylic acids is 1. The van der Waals surface area contributed by atoms with Gasteiger partial charge in [-0.15, -0.1) is 0 Å². The fourth-order valence-corrected chi connectivity index (χ4v) is 4.05. The number of hydrogen-bond acceptors (Lipinski definition) is 3. The molecule has 0 bridgehead atoms. The Balaban J connectivity index is 1.48. The van der Waals surface area contributed by atoms with Gasteiger partial charge in [-0.2, -0.15) is 0 Å². The summed E-state index contributed by atoms with van der Waals surface area (Å²) in [5.41, 5.74) is 5.38. The molecular weight excluding hydrogens is 378 g/mol. The van der Waals surface area contributed by atoms with Crippen molar-refractivity contribution >= 4 is 12.1 Å². The van der Waals surface area contributed by atoms with Gasteiger partial charge in [0.1, 0.15) is 12.6 Å². The smallest absolute Gasteiger partial charge is 0.410 e. The number of hydrogen-bond donors (Lipinski definition) is 1. The van der Waals surface area contributed by atoms with Gasteiger partial charge < -0.3 is 9.84 Å². The molecule has 0 aliphatic heterocycles. The zero-order valence-corrected chi connectivity index (χ0v) is 16.7. The van der Waals surface area contributed by atoms with Gasteiger partial charge in [-0.1, -0.05) is 78.9 Å². The SMILES string of the molecule is CN(C(=O)OCC1c2ccccc2-c2ccccc21)[C@H](Cc1ccccc1)C(=O)O. The number of carbonyl (C=O) groups excluding carboxylic acids is 1. The second-order valence-electron chi connectivity index (χ2n) is 7.46. The van der Waals surface area contributed by atoms with E-state index < -0.39 is 18.1 Å². The number of carboxylic acids is 1. The maximum Gasteiger partial charge on any atom is 0.410 e. The van der Waals surface area contributed by atoms with E-state index in [2.05, 4.69) is 12.1 Å². The summed E-state index contributed by atoms with van der Waals surface area (Å²) in [7, 11) is 1.47. The third-order valence-electron chi connectivity index (χ3n) is 5.65. The minimum absolute atomic E-state index is 0.0628. The van der Waals surface area contributed by atoms with Crippen LogP contribution in [0.2, 0.25) is 0 Å². The summed E-state index contributed by atoms with van der Waals surface area (Å²) in [5, 5.41) is 9.64. The van der Waals surface area contributed by atoms with Crippen LogP contribution in [0.4, 0.5) is 4.79 Å². The van der Waals surface area contributed by atoms with E-state index in [9.17, 15) is 14.7 Å². The third-order valence-corrected chi connectivity index (χ3v) is 5.65. The highest BCUT2D eigenvalue weighted by Crippen LogP contribution is 2.44. The van der Waals surface area contributed by atoms with Crippen molar-refractivity contribution < 1.29 is 19.4 Å². The summed E-state index contributed by atoms with van der Waals surface area (Å²) >= 11 is 0. The molecule has 3 aromatic carbocycles. The number of benzene rings is 3. The van der Waals surface area contributed by atoms with Crippen molar-refractivity contribution in [2.75, 3.05) is 13.7 Å². The summed E-state index contributed by atoms with van der Waals surface area (Å²) in [6.07, 6.45) is -0.420. The van der Waals surface area contributed by atoms with Gasteiger partial charge in [-0.25, -0.2) is 9.59 Å². The van der Waals surface area contributed by atoms with Gasteiger partial charge in [0.2, 0.25) is 0 Å². The molecule has 1 aliphatic carbocycles. The van der Waals surface area contributed by atoms with E-state index in [-0.39, 0.29) is 18.9 Å². The largest absolute Gasteiger partial charge is 0.480 e. The fourth-order valence-electron chi connectivity index (χ4n) is 4.05. The molecule has 5 nitrogen and oxygen atoms in total. The van der Waals surface area contributed by atoms with E-state index in [1.807, 2.05) is 66.7 Å². The number of likely N-dealkylation sites (N-methyl/N-ethyl adjacent to an activating group) is 1. The number of carbonyl (C=O) groups is 2. The van der Waals surface area contributed by atoms with Gasteiger partial charge in [-0.3, -0.25) is 4.90 Å². The Labute approximate surface area is 175 Å². The molecule has 1 amide bonds. The van der Waals surface area contributed by atoms with Crippen molar-refractivity contribution in [2.24, 2.45) is 0 Å². The molecule has 0 radical (unpaired) electrons. The molecule has 5 heteroatoms. The molecule has 0 heterocycles. The zero-order chi connectivity index (χ0) is 21.1. The summed E-state index contributed by atoms with van der Waals surface area (Å²) in [6.45, 7) is 0.162. The van der Waals surface area contributed by atoms with Gasteiger partial charge in [-0.05, 0) is 27.8 Å². The lowest BCUT2D eigenvalue weighted by Gasteiger charge is -2.25. The Morgan fingerprint density at radius 2 is 1.43 bits per heavy atom. The predicted molar refractivity (Wildman–Crippen MR) is 114 cm³/mol. The summed E-state index contributed by atoms with van der Waals surface area (Å²) in [6, 6.07) is 24.5. The van der Waals surface area contributed by atoms with Crippen molar-refractivity contribution in [3.05, 3.63) is 95.6 Å². The number of ether oxygens (including phenoxy) is 1. The van der Waals surface area contributed by atoms with Gasteiger partial charge in [0.25, 0.3) is 0 Å². The highest BCUT2D eigenvalue weighted by Gasteiger charge is 2.31. The Bertz CT molecular complexity index is 1020. The molecule has 1 N–H and O–H groups in total. The normalized spacial score (nSPS) is 13.2. The van der Waals surface area contributed by atoms with Gasteiger partial charge in [0.05, 0.1) is 0 Å². The Morgan fingerprint density at radius 3 is 2.00 bits per heavy atom. The maximum atomic E-state index is 12.7. The minimum Gasteiger partial charge on any atom is -0.480 e. The van der Waals surface area contributed by atoms with Crippen molar-refractivity contribution in [2.45, 2.75) is 18.4 Å². The molecule has 0 saturated carbocycles.